The lowest BCUT2D eigenvalue weighted by molar-refractivity contribution is 0.213. The van der Waals surface area contributed by atoms with E-state index in [4.69, 9.17) is 0 Å². The number of nitrogens with zero attached hydrogens (tertiary/aromatic N) is 3. The molecule has 27 heavy (non-hydrogen) atoms. The molecule has 3 aromatic carbocycles. The Labute approximate surface area is 154 Å². The van der Waals surface area contributed by atoms with E-state index < -0.39 is 0 Å². The van der Waals surface area contributed by atoms with E-state index in [1.165, 1.54) is 26.5 Å². The van der Waals surface area contributed by atoms with Crippen molar-refractivity contribution in [3.63, 3.8) is 0 Å². The maximum atomic E-state index is 10.5. The van der Waals surface area contributed by atoms with E-state index in [1.54, 1.807) is 12.4 Å². The molecule has 6 rings (SSSR count). The molecule has 0 saturated heterocycles. The first-order chi connectivity index (χ1) is 13.3. The number of rotatable bonds is 1. The van der Waals surface area contributed by atoms with Crippen LogP contribution in [0.3, 0.4) is 0 Å². The van der Waals surface area contributed by atoms with E-state index in [0.29, 0.717) is 0 Å². The molecule has 0 fully saturated rings. The minimum atomic E-state index is 0.763. The highest BCUT2D eigenvalue weighted by molar-refractivity contribution is 6.11. The van der Waals surface area contributed by atoms with Crippen molar-refractivity contribution in [2.24, 2.45) is 0 Å². The molecule has 3 aromatic heterocycles. The van der Waals surface area contributed by atoms with Crippen LogP contribution in [0, 0.1) is 0 Å². The standard InChI is InChI=1S/C23H15N3O/c27-26-22-10-9-15(13-18(22)19-14-24-12-11-23(19)26)25-20-7-3-1-5-16(20)17-6-2-4-8-21(17)25/h1-14,27H. The van der Waals surface area contributed by atoms with E-state index in [-0.39, 0.29) is 0 Å². The molecule has 1 N–H and O–H groups in total. The van der Waals surface area contributed by atoms with Gasteiger partial charge in [0.25, 0.3) is 0 Å². The van der Waals surface area contributed by atoms with Crippen LogP contribution in [0.2, 0.25) is 0 Å². The summed E-state index contributed by atoms with van der Waals surface area (Å²) in [4.78, 5) is 4.24. The zero-order chi connectivity index (χ0) is 18.0. The van der Waals surface area contributed by atoms with Crippen LogP contribution in [0.1, 0.15) is 0 Å². The molecule has 6 aromatic rings. The maximum Gasteiger partial charge on any atom is 0.0909 e. The molecular formula is C23H15N3O. The molecule has 0 aliphatic heterocycles. The molecular weight excluding hydrogens is 334 g/mol. The summed E-state index contributed by atoms with van der Waals surface area (Å²) in [6.45, 7) is 0. The van der Waals surface area contributed by atoms with Crippen molar-refractivity contribution in [1.29, 1.82) is 0 Å². The van der Waals surface area contributed by atoms with Crippen LogP contribution in [0.4, 0.5) is 0 Å². The number of hydrogen-bond acceptors (Lipinski definition) is 2. The summed E-state index contributed by atoms with van der Waals surface area (Å²) in [5.41, 5.74) is 4.95. The Balaban J connectivity index is 1.77. The van der Waals surface area contributed by atoms with Gasteiger partial charge in [-0.2, -0.15) is 4.73 Å². The van der Waals surface area contributed by atoms with Crippen molar-refractivity contribution in [3.8, 4) is 5.69 Å². The van der Waals surface area contributed by atoms with Crippen molar-refractivity contribution in [2.75, 3.05) is 0 Å². The number of fused-ring (bicyclic) bond motifs is 6. The average molecular weight is 349 g/mol. The van der Waals surface area contributed by atoms with Crippen molar-refractivity contribution < 1.29 is 5.21 Å². The summed E-state index contributed by atoms with van der Waals surface area (Å²) >= 11 is 0. The highest BCUT2D eigenvalue weighted by Crippen LogP contribution is 2.34. The highest BCUT2D eigenvalue weighted by atomic mass is 16.5. The molecule has 0 spiro atoms. The normalized spacial score (nSPS) is 11.9. The fraction of sp³-hybridized carbons (Fsp3) is 0. The van der Waals surface area contributed by atoms with Crippen LogP contribution in [0.25, 0.3) is 49.3 Å². The van der Waals surface area contributed by atoms with Crippen molar-refractivity contribution in [3.05, 3.63) is 85.2 Å². The third-order valence-corrected chi connectivity index (χ3v) is 5.36. The van der Waals surface area contributed by atoms with Crippen LogP contribution < -0.4 is 0 Å². The number of hydrogen-bond donors (Lipinski definition) is 1. The first-order valence-corrected chi connectivity index (χ1v) is 8.89. The summed E-state index contributed by atoms with van der Waals surface area (Å²) in [5.74, 6) is 0. The minimum Gasteiger partial charge on any atom is -0.428 e. The zero-order valence-electron chi connectivity index (χ0n) is 14.4. The monoisotopic (exact) mass is 349 g/mol. The third kappa shape index (κ3) is 1.84. The Hall–Kier alpha value is -3.79. The number of pyridine rings is 1. The molecule has 4 heteroatoms. The van der Waals surface area contributed by atoms with Gasteiger partial charge in [-0.3, -0.25) is 4.98 Å². The van der Waals surface area contributed by atoms with E-state index in [2.05, 4.69) is 70.2 Å². The molecule has 0 unspecified atom stereocenters. The molecule has 0 saturated carbocycles. The van der Waals surface area contributed by atoms with Gasteiger partial charge in [0.05, 0.1) is 22.1 Å². The molecule has 0 amide bonds. The summed E-state index contributed by atoms with van der Waals surface area (Å²) < 4.78 is 3.52. The Kier molecular flexibility index (Phi) is 2.72. The fourth-order valence-corrected chi connectivity index (χ4v) is 4.17. The fourth-order valence-electron chi connectivity index (χ4n) is 4.17. The Morgan fingerprint density at radius 2 is 1.30 bits per heavy atom. The number of aromatic nitrogens is 3. The highest BCUT2D eigenvalue weighted by Gasteiger charge is 2.14. The van der Waals surface area contributed by atoms with Crippen molar-refractivity contribution in [2.45, 2.75) is 0 Å². The molecule has 0 aliphatic carbocycles. The van der Waals surface area contributed by atoms with Gasteiger partial charge in [0.15, 0.2) is 0 Å². The van der Waals surface area contributed by atoms with Crippen LogP contribution >= 0.6 is 0 Å². The second kappa shape index (κ2) is 5.11. The molecule has 0 bridgehead atoms. The molecule has 128 valence electrons. The Bertz CT molecular complexity index is 1440. The largest absolute Gasteiger partial charge is 0.428 e. The van der Waals surface area contributed by atoms with E-state index in [1.807, 2.05) is 12.1 Å². The SMILES string of the molecule is On1c2ccncc2c2cc(-n3c4ccccc4c4ccccc43)ccc21. The summed E-state index contributed by atoms with van der Waals surface area (Å²) in [6, 6.07) is 24.9. The van der Waals surface area contributed by atoms with Gasteiger partial charge >= 0.3 is 0 Å². The summed E-state index contributed by atoms with van der Waals surface area (Å²) in [7, 11) is 0. The van der Waals surface area contributed by atoms with Gasteiger partial charge in [-0.15, -0.1) is 0 Å². The number of benzene rings is 3. The van der Waals surface area contributed by atoms with Gasteiger partial charge < -0.3 is 9.77 Å². The minimum absolute atomic E-state index is 0.763. The van der Waals surface area contributed by atoms with Crippen LogP contribution in [-0.2, 0) is 0 Å². The van der Waals surface area contributed by atoms with Gasteiger partial charge in [-0.1, -0.05) is 36.4 Å². The van der Waals surface area contributed by atoms with Gasteiger partial charge in [0.1, 0.15) is 0 Å². The lowest BCUT2D eigenvalue weighted by atomic mass is 10.1. The van der Waals surface area contributed by atoms with E-state index in [0.717, 1.165) is 27.5 Å². The lowest BCUT2D eigenvalue weighted by Crippen LogP contribution is -1.94. The quantitative estimate of drug-likeness (QED) is 0.397. The van der Waals surface area contributed by atoms with Crippen LogP contribution in [0.5, 0.6) is 0 Å². The summed E-state index contributed by atoms with van der Waals surface area (Å²) in [6.07, 6.45) is 3.50. The first kappa shape index (κ1) is 14.4. The Morgan fingerprint density at radius 1 is 0.630 bits per heavy atom. The van der Waals surface area contributed by atoms with Gasteiger partial charge in [0.2, 0.25) is 0 Å². The summed E-state index contributed by atoms with van der Waals surface area (Å²) in [5, 5.41) is 14.9. The molecule has 3 heterocycles. The van der Waals surface area contributed by atoms with Crippen LogP contribution in [0.15, 0.2) is 85.2 Å². The molecule has 0 radical (unpaired) electrons. The second-order valence-electron chi connectivity index (χ2n) is 6.78. The van der Waals surface area contributed by atoms with Gasteiger partial charge in [-0.25, -0.2) is 0 Å². The molecule has 0 atom stereocenters. The second-order valence-corrected chi connectivity index (χ2v) is 6.78. The smallest absolute Gasteiger partial charge is 0.0909 e. The predicted molar refractivity (Wildman–Crippen MR) is 109 cm³/mol. The average Bonchev–Trinajstić information content (AvgIpc) is 3.21. The topological polar surface area (TPSA) is 43.0 Å². The van der Waals surface area contributed by atoms with Gasteiger partial charge in [-0.05, 0) is 36.4 Å². The Morgan fingerprint density at radius 3 is 2.04 bits per heavy atom. The van der Waals surface area contributed by atoms with E-state index >= 15 is 0 Å². The maximum absolute atomic E-state index is 10.5. The first-order valence-electron chi connectivity index (χ1n) is 8.89. The van der Waals surface area contributed by atoms with Crippen LogP contribution in [-0.4, -0.2) is 19.5 Å². The number of para-hydroxylation sites is 2. The van der Waals surface area contributed by atoms with Crippen molar-refractivity contribution in [1.82, 2.24) is 14.3 Å². The molecule has 0 aliphatic rings. The molecule has 4 nitrogen and oxygen atoms in total. The lowest BCUT2D eigenvalue weighted by Gasteiger charge is -2.08. The van der Waals surface area contributed by atoms with Gasteiger partial charge in [0, 0.05) is 39.6 Å². The third-order valence-electron chi connectivity index (χ3n) is 5.36. The zero-order valence-corrected chi connectivity index (χ0v) is 14.4. The van der Waals surface area contributed by atoms with E-state index in [9.17, 15) is 5.21 Å². The predicted octanol–water partition coefficient (Wildman–Crippen LogP) is 5.52. The van der Waals surface area contributed by atoms with Crippen molar-refractivity contribution >= 4 is 43.6 Å².